The molecule has 0 N–H and O–H groups in total. The molecule has 40 valence electrons. The fourth-order valence-corrected chi connectivity index (χ4v) is 0.0913. The van der Waals surface area contributed by atoms with Gasteiger partial charge in [0.1, 0.15) is 0 Å². The Balaban J connectivity index is 3.66. The van der Waals surface area contributed by atoms with Crippen LogP contribution in [0.15, 0.2) is 0 Å². The van der Waals surface area contributed by atoms with Crippen LogP contribution in [-0.2, 0) is 0 Å². The lowest BCUT2D eigenvalue weighted by atomic mass is 10.0. The lowest BCUT2D eigenvalue weighted by Crippen LogP contribution is -2.10. The Morgan fingerprint density at radius 3 is 2.00 bits per heavy atom. The van der Waals surface area contributed by atoms with Crippen molar-refractivity contribution < 1.29 is 0 Å². The van der Waals surface area contributed by atoms with E-state index in [0.717, 1.165) is 6.42 Å². The molecule has 0 saturated heterocycles. The van der Waals surface area contributed by atoms with Crippen LogP contribution in [0.3, 0.4) is 0 Å². The molecule has 0 spiro atoms. The molecular weight excluding hydrogens is 86.1 g/mol. The molecule has 0 aromatic heterocycles. The molecule has 0 radical (unpaired) electrons. The van der Waals surface area contributed by atoms with E-state index in [1.165, 1.54) is 0 Å². The minimum Gasteiger partial charge on any atom is -0.0810 e. The minimum atomic E-state index is -0.0139. The Bertz CT molecular complexity index is 86.8. The average molecular weight is 98.2 g/mol. The van der Waals surface area contributed by atoms with Crippen molar-refractivity contribution in [3.05, 3.63) is 4.85 Å². The van der Waals surface area contributed by atoms with E-state index in [4.69, 9.17) is 6.57 Å². The first-order chi connectivity index (χ1) is 3.12. The second kappa shape index (κ2) is 1.97. The van der Waals surface area contributed by atoms with E-state index in [-0.39, 0.29) is 5.54 Å². The third-order valence-electron chi connectivity index (χ3n) is 1.21. The molecule has 0 aliphatic rings. The molecule has 0 bridgehead atoms. The zero-order valence-corrected chi connectivity index (χ0v) is 5.23. The number of rotatable bonds is 1. The molecule has 0 amide bonds. The molecule has 1 heteroatoms. The fraction of sp³-hybridized carbons (Fsp3) is 0.833. The van der Waals surface area contributed by atoms with Crippen LogP contribution in [0.5, 0.6) is 0 Å². The fourth-order valence-electron chi connectivity index (χ4n) is 0.0913. The monoisotopic (exact) mass is 98.1 g/mol. The predicted molar refractivity (Wildman–Crippen MR) is 32.7 cm³/mol. The predicted octanol–water partition coefficient (Wildman–Crippen LogP) is 2.14. The summed E-state index contributed by atoms with van der Waals surface area (Å²) >= 11 is 0. The van der Waals surface area contributed by atoms with Crippen LogP contribution in [0, 0.1) is 6.57 Å². The first kappa shape index (κ1) is 6.49. The van der Waals surface area contributed by atoms with Crippen molar-refractivity contribution in [2.75, 3.05) is 0 Å². The van der Waals surface area contributed by atoms with Crippen molar-refractivity contribution in [1.82, 2.24) is 0 Å². The number of hydrogen-bond acceptors (Lipinski definition) is 0. The summed E-state index contributed by atoms with van der Waals surface area (Å²) < 4.78 is 0. The van der Waals surface area contributed by atoms with Gasteiger partial charge >= 0.3 is 0 Å². The van der Waals surface area contributed by atoms with Gasteiger partial charge in [-0.1, -0.05) is 11.8 Å². The standard InChI is InChI=1S/C6H12N/c1-5-6(2,3)7-4/h4H,5H2,1-3H3/q+1. The highest BCUT2D eigenvalue weighted by Gasteiger charge is 2.22. The topological polar surface area (TPSA) is 4.36 Å². The first-order valence-electron chi connectivity index (χ1n) is 2.54. The molecule has 0 atom stereocenters. The van der Waals surface area contributed by atoms with E-state index >= 15 is 0 Å². The van der Waals surface area contributed by atoms with Gasteiger partial charge in [-0.15, -0.1) is 0 Å². The van der Waals surface area contributed by atoms with Gasteiger partial charge in [0.2, 0.25) is 0 Å². The van der Waals surface area contributed by atoms with Crippen molar-refractivity contribution in [1.29, 1.82) is 0 Å². The maximum Gasteiger partial charge on any atom is 0.275 e. The molecule has 0 fully saturated rings. The Morgan fingerprint density at radius 1 is 1.57 bits per heavy atom. The highest BCUT2D eigenvalue weighted by molar-refractivity contribution is 4.90. The first-order valence-corrected chi connectivity index (χ1v) is 2.54. The second-order valence-corrected chi connectivity index (χ2v) is 2.30. The van der Waals surface area contributed by atoms with E-state index in [2.05, 4.69) is 11.8 Å². The molecular formula is C6H12N+. The van der Waals surface area contributed by atoms with Gasteiger partial charge in [-0.05, 0) is 0 Å². The van der Waals surface area contributed by atoms with Crippen LogP contribution in [0.25, 0.3) is 4.85 Å². The van der Waals surface area contributed by atoms with E-state index in [0.29, 0.717) is 0 Å². The van der Waals surface area contributed by atoms with Crippen LogP contribution in [0.1, 0.15) is 27.2 Å². The van der Waals surface area contributed by atoms with Gasteiger partial charge in [-0.25, -0.2) is 0 Å². The summed E-state index contributed by atoms with van der Waals surface area (Å²) in [7, 11) is 0. The van der Waals surface area contributed by atoms with Crippen molar-refractivity contribution in [3.8, 4) is 6.57 Å². The Labute approximate surface area is 45.2 Å². The zero-order valence-electron chi connectivity index (χ0n) is 5.23. The third-order valence-corrected chi connectivity index (χ3v) is 1.21. The highest BCUT2D eigenvalue weighted by atomic mass is 14.8. The van der Waals surface area contributed by atoms with E-state index < -0.39 is 0 Å². The maximum atomic E-state index is 5.04. The quantitative estimate of drug-likeness (QED) is 0.473. The molecule has 0 rings (SSSR count). The van der Waals surface area contributed by atoms with Gasteiger partial charge in [0.15, 0.2) is 0 Å². The van der Waals surface area contributed by atoms with Crippen LogP contribution in [0.2, 0.25) is 0 Å². The summed E-state index contributed by atoms with van der Waals surface area (Å²) in [5.41, 5.74) is -0.0139. The maximum absolute atomic E-state index is 5.04. The summed E-state index contributed by atoms with van der Waals surface area (Å²) in [6, 6.07) is 0. The lowest BCUT2D eigenvalue weighted by molar-refractivity contribution is 0.592. The smallest absolute Gasteiger partial charge is 0.0810 e. The van der Waals surface area contributed by atoms with Gasteiger partial charge in [0.25, 0.3) is 12.1 Å². The van der Waals surface area contributed by atoms with E-state index in [1.54, 1.807) is 0 Å². The SMILES string of the molecule is C#[N+]C(C)(C)CC. The third kappa shape index (κ3) is 2.22. The lowest BCUT2D eigenvalue weighted by Gasteiger charge is -1.97. The minimum absolute atomic E-state index is 0.0139. The normalized spacial score (nSPS) is 10.6. The van der Waals surface area contributed by atoms with Crippen LogP contribution in [0.4, 0.5) is 0 Å². The summed E-state index contributed by atoms with van der Waals surface area (Å²) in [5.74, 6) is 0. The molecule has 0 aromatic rings. The summed E-state index contributed by atoms with van der Waals surface area (Å²) in [6.45, 7) is 11.1. The van der Waals surface area contributed by atoms with Crippen LogP contribution in [-0.4, -0.2) is 5.54 Å². The highest BCUT2D eigenvalue weighted by Crippen LogP contribution is 2.11. The van der Waals surface area contributed by atoms with Crippen LogP contribution >= 0.6 is 0 Å². The van der Waals surface area contributed by atoms with Gasteiger partial charge in [-0.3, -0.25) is 0 Å². The molecule has 1 nitrogen and oxygen atoms in total. The Kier molecular flexibility index (Phi) is 1.83. The molecule has 0 saturated carbocycles. The summed E-state index contributed by atoms with van der Waals surface area (Å²) in [6.07, 6.45) is 1.00. The Morgan fingerprint density at radius 2 is 2.00 bits per heavy atom. The number of nitrogens with zero attached hydrogens (tertiary/aromatic N) is 1. The van der Waals surface area contributed by atoms with Gasteiger partial charge in [0, 0.05) is 20.3 Å². The van der Waals surface area contributed by atoms with E-state index in [1.807, 2.05) is 13.8 Å². The molecule has 0 aromatic carbocycles. The second-order valence-electron chi connectivity index (χ2n) is 2.30. The van der Waals surface area contributed by atoms with E-state index in [9.17, 15) is 0 Å². The van der Waals surface area contributed by atoms with Crippen LogP contribution < -0.4 is 0 Å². The molecule has 7 heavy (non-hydrogen) atoms. The summed E-state index contributed by atoms with van der Waals surface area (Å²) in [4.78, 5) is 3.64. The molecule has 0 heterocycles. The molecule has 0 aliphatic carbocycles. The largest absolute Gasteiger partial charge is 0.275 e. The van der Waals surface area contributed by atoms with Gasteiger partial charge in [0.05, 0.1) is 0 Å². The van der Waals surface area contributed by atoms with Crippen molar-refractivity contribution >= 4 is 0 Å². The molecule has 0 aliphatic heterocycles. The average Bonchev–Trinajstić information content (AvgIpc) is 1.68. The van der Waals surface area contributed by atoms with Gasteiger partial charge < -0.3 is 0 Å². The Hall–Kier alpha value is -0.510. The zero-order chi connectivity index (χ0) is 5.91. The summed E-state index contributed by atoms with van der Waals surface area (Å²) in [5, 5.41) is 0. The van der Waals surface area contributed by atoms with Crippen molar-refractivity contribution in [3.63, 3.8) is 0 Å². The number of hydrogen-bond donors (Lipinski definition) is 0. The van der Waals surface area contributed by atoms with Gasteiger partial charge in [-0.2, -0.15) is 0 Å². The molecule has 0 unspecified atom stereocenters. The van der Waals surface area contributed by atoms with Crippen molar-refractivity contribution in [2.24, 2.45) is 0 Å². The van der Waals surface area contributed by atoms with Crippen molar-refractivity contribution in [2.45, 2.75) is 32.7 Å².